The second-order valence-electron chi connectivity index (χ2n) is 5.50. The van der Waals surface area contributed by atoms with Crippen molar-refractivity contribution >= 4 is 5.69 Å². The molecule has 19 heavy (non-hydrogen) atoms. The predicted octanol–water partition coefficient (Wildman–Crippen LogP) is 2.75. The summed E-state index contributed by atoms with van der Waals surface area (Å²) < 4.78 is 10.7. The molecule has 2 unspecified atom stereocenters. The summed E-state index contributed by atoms with van der Waals surface area (Å²) in [6.07, 6.45) is 5.14. The maximum absolute atomic E-state index is 5.40. The molecule has 1 fully saturated rings. The van der Waals surface area contributed by atoms with Crippen molar-refractivity contribution in [1.29, 1.82) is 0 Å². The minimum Gasteiger partial charge on any atom is -0.454 e. The number of anilines is 1. The summed E-state index contributed by atoms with van der Waals surface area (Å²) in [5.74, 6) is 1.68. The molecule has 104 valence electrons. The largest absolute Gasteiger partial charge is 0.454 e. The average molecular weight is 262 g/mol. The van der Waals surface area contributed by atoms with Gasteiger partial charge in [0.15, 0.2) is 11.5 Å². The number of hydrogen-bond acceptors (Lipinski definition) is 4. The number of rotatable bonds is 4. The summed E-state index contributed by atoms with van der Waals surface area (Å²) in [4.78, 5) is 0. The van der Waals surface area contributed by atoms with E-state index in [0.717, 1.165) is 23.6 Å². The Morgan fingerprint density at radius 1 is 1.32 bits per heavy atom. The van der Waals surface area contributed by atoms with Gasteiger partial charge in [-0.15, -0.1) is 0 Å². The van der Waals surface area contributed by atoms with Crippen LogP contribution in [0.15, 0.2) is 18.2 Å². The zero-order valence-corrected chi connectivity index (χ0v) is 11.4. The quantitative estimate of drug-likeness (QED) is 0.875. The van der Waals surface area contributed by atoms with Crippen molar-refractivity contribution in [3.8, 4) is 11.5 Å². The molecule has 2 atom stereocenters. The molecule has 0 aliphatic carbocycles. The maximum atomic E-state index is 5.40. The highest BCUT2D eigenvalue weighted by molar-refractivity contribution is 5.55. The van der Waals surface area contributed by atoms with Crippen LogP contribution < -0.4 is 20.1 Å². The molecule has 2 aliphatic heterocycles. The molecule has 0 saturated carbocycles. The SMILES string of the molecule is CC(CC1CCCCN1)Nc1ccc2c(c1)OCO2. The van der Waals surface area contributed by atoms with Gasteiger partial charge >= 0.3 is 0 Å². The highest BCUT2D eigenvalue weighted by Crippen LogP contribution is 2.34. The van der Waals surface area contributed by atoms with Crippen LogP contribution in [0.25, 0.3) is 0 Å². The Labute approximate surface area is 114 Å². The molecule has 4 heteroatoms. The third-order valence-electron chi connectivity index (χ3n) is 3.84. The fourth-order valence-corrected chi connectivity index (χ4v) is 2.88. The zero-order chi connectivity index (χ0) is 13.1. The van der Waals surface area contributed by atoms with Crippen LogP contribution in [0.3, 0.4) is 0 Å². The van der Waals surface area contributed by atoms with Crippen LogP contribution in [-0.4, -0.2) is 25.4 Å². The number of benzene rings is 1. The van der Waals surface area contributed by atoms with Gasteiger partial charge in [0.05, 0.1) is 0 Å². The number of piperidine rings is 1. The molecule has 1 saturated heterocycles. The fourth-order valence-electron chi connectivity index (χ4n) is 2.88. The van der Waals surface area contributed by atoms with E-state index in [0.29, 0.717) is 18.9 Å². The summed E-state index contributed by atoms with van der Waals surface area (Å²) in [6.45, 7) is 3.74. The van der Waals surface area contributed by atoms with Crippen LogP contribution in [0.2, 0.25) is 0 Å². The van der Waals surface area contributed by atoms with Crippen LogP contribution in [-0.2, 0) is 0 Å². The van der Waals surface area contributed by atoms with Crippen LogP contribution in [0.4, 0.5) is 5.69 Å². The summed E-state index contributed by atoms with van der Waals surface area (Å²) in [7, 11) is 0. The molecule has 0 bridgehead atoms. The summed E-state index contributed by atoms with van der Waals surface area (Å²) >= 11 is 0. The molecule has 0 radical (unpaired) electrons. The second-order valence-corrected chi connectivity index (χ2v) is 5.50. The molecule has 4 nitrogen and oxygen atoms in total. The van der Waals surface area contributed by atoms with Crippen molar-refractivity contribution in [3.05, 3.63) is 18.2 Å². The Hall–Kier alpha value is -1.42. The molecule has 2 aliphatic rings. The van der Waals surface area contributed by atoms with E-state index in [9.17, 15) is 0 Å². The van der Waals surface area contributed by atoms with E-state index in [1.54, 1.807) is 0 Å². The van der Waals surface area contributed by atoms with Crippen LogP contribution in [0, 0.1) is 0 Å². The first-order valence-corrected chi connectivity index (χ1v) is 7.21. The van der Waals surface area contributed by atoms with Gasteiger partial charge in [0.2, 0.25) is 6.79 Å². The van der Waals surface area contributed by atoms with Crippen molar-refractivity contribution < 1.29 is 9.47 Å². The van der Waals surface area contributed by atoms with Crippen LogP contribution in [0.1, 0.15) is 32.6 Å². The van der Waals surface area contributed by atoms with Gasteiger partial charge in [-0.1, -0.05) is 6.42 Å². The second kappa shape index (κ2) is 5.70. The third kappa shape index (κ3) is 3.13. The van der Waals surface area contributed by atoms with Gasteiger partial charge in [0, 0.05) is 23.8 Å². The molecule has 2 N–H and O–H groups in total. The van der Waals surface area contributed by atoms with Gasteiger partial charge in [-0.25, -0.2) is 0 Å². The smallest absolute Gasteiger partial charge is 0.231 e. The van der Waals surface area contributed by atoms with Crippen LogP contribution >= 0.6 is 0 Å². The summed E-state index contributed by atoms with van der Waals surface area (Å²) in [5, 5.41) is 7.14. The average Bonchev–Trinajstić information content (AvgIpc) is 2.87. The van der Waals surface area contributed by atoms with Crippen molar-refractivity contribution in [2.24, 2.45) is 0 Å². The molecule has 2 heterocycles. The lowest BCUT2D eigenvalue weighted by Crippen LogP contribution is -2.37. The first-order valence-electron chi connectivity index (χ1n) is 7.21. The van der Waals surface area contributed by atoms with Gasteiger partial charge in [-0.05, 0) is 44.9 Å². The lowest BCUT2D eigenvalue weighted by atomic mass is 9.98. The van der Waals surface area contributed by atoms with Gasteiger partial charge in [0.25, 0.3) is 0 Å². The Morgan fingerprint density at radius 3 is 3.05 bits per heavy atom. The highest BCUT2D eigenvalue weighted by Gasteiger charge is 2.17. The Kier molecular flexibility index (Phi) is 3.78. The fraction of sp³-hybridized carbons (Fsp3) is 0.600. The first kappa shape index (κ1) is 12.6. The van der Waals surface area contributed by atoms with E-state index >= 15 is 0 Å². The number of fused-ring (bicyclic) bond motifs is 1. The van der Waals surface area contributed by atoms with E-state index in [4.69, 9.17) is 9.47 Å². The molecular formula is C15H22N2O2. The van der Waals surface area contributed by atoms with E-state index in [2.05, 4.69) is 23.6 Å². The van der Waals surface area contributed by atoms with Gasteiger partial charge < -0.3 is 20.1 Å². The van der Waals surface area contributed by atoms with Crippen molar-refractivity contribution in [2.45, 2.75) is 44.7 Å². The molecule has 3 rings (SSSR count). The lowest BCUT2D eigenvalue weighted by Gasteiger charge is -2.27. The third-order valence-corrected chi connectivity index (χ3v) is 3.84. The van der Waals surface area contributed by atoms with Crippen LogP contribution in [0.5, 0.6) is 11.5 Å². The predicted molar refractivity (Wildman–Crippen MR) is 75.9 cm³/mol. The van der Waals surface area contributed by atoms with Gasteiger partial charge in [-0.2, -0.15) is 0 Å². The molecular weight excluding hydrogens is 240 g/mol. The molecule has 1 aromatic rings. The van der Waals surface area contributed by atoms with E-state index in [1.807, 2.05) is 12.1 Å². The minimum atomic E-state index is 0.334. The minimum absolute atomic E-state index is 0.334. The summed E-state index contributed by atoms with van der Waals surface area (Å²) in [6, 6.07) is 7.16. The maximum Gasteiger partial charge on any atom is 0.231 e. The van der Waals surface area contributed by atoms with E-state index < -0.39 is 0 Å². The van der Waals surface area contributed by atoms with Crippen molar-refractivity contribution in [1.82, 2.24) is 5.32 Å². The summed E-state index contributed by atoms with van der Waals surface area (Å²) in [5.41, 5.74) is 1.10. The number of hydrogen-bond donors (Lipinski definition) is 2. The van der Waals surface area contributed by atoms with E-state index in [-0.39, 0.29) is 0 Å². The number of ether oxygens (including phenoxy) is 2. The van der Waals surface area contributed by atoms with E-state index in [1.165, 1.54) is 25.8 Å². The molecule has 0 amide bonds. The van der Waals surface area contributed by atoms with Gasteiger partial charge in [-0.3, -0.25) is 0 Å². The normalized spacial score (nSPS) is 23.1. The Bertz CT molecular complexity index is 430. The van der Waals surface area contributed by atoms with Gasteiger partial charge in [0.1, 0.15) is 0 Å². The molecule has 0 aromatic heterocycles. The standard InChI is InChI=1S/C15H22N2O2/c1-11(8-12-4-2-3-7-16-12)17-13-5-6-14-15(9-13)19-10-18-14/h5-6,9,11-12,16-17H,2-4,7-8,10H2,1H3. The van der Waals surface area contributed by atoms with Crippen molar-refractivity contribution in [3.63, 3.8) is 0 Å². The number of nitrogens with one attached hydrogen (secondary N) is 2. The highest BCUT2D eigenvalue weighted by atomic mass is 16.7. The first-order chi connectivity index (χ1) is 9.31. The Morgan fingerprint density at radius 2 is 2.21 bits per heavy atom. The molecule has 0 spiro atoms. The Balaban J connectivity index is 1.55. The lowest BCUT2D eigenvalue weighted by molar-refractivity contribution is 0.174. The zero-order valence-electron chi connectivity index (χ0n) is 11.4. The monoisotopic (exact) mass is 262 g/mol. The molecule has 1 aromatic carbocycles. The topological polar surface area (TPSA) is 42.5 Å². The van der Waals surface area contributed by atoms with Crippen molar-refractivity contribution in [2.75, 3.05) is 18.7 Å².